The minimum Gasteiger partial charge on any atom is -0.241 e. The van der Waals surface area contributed by atoms with Crippen LogP contribution in [-0.4, -0.2) is 29.8 Å². The molecule has 0 heterocycles. The second kappa shape index (κ2) is 8.07. The van der Waals surface area contributed by atoms with Gasteiger partial charge in [-0.25, -0.2) is 4.39 Å². The summed E-state index contributed by atoms with van der Waals surface area (Å²) in [6.07, 6.45) is -10.1. The first-order valence-corrected chi connectivity index (χ1v) is 11.2. The lowest BCUT2D eigenvalue weighted by atomic mass is 10.0. The molecular formula is C10H13Cl3F8Si. The highest BCUT2D eigenvalue weighted by Crippen LogP contribution is 2.50. The number of unbranched alkanes of at least 4 members (excludes halogenated alkanes) is 3. The quantitative estimate of drug-likeness (QED) is 0.169. The van der Waals surface area contributed by atoms with Gasteiger partial charge >= 0.3 is 23.6 Å². The van der Waals surface area contributed by atoms with Crippen LogP contribution in [0, 0.1) is 0 Å². The second-order valence-corrected chi connectivity index (χ2v) is 13.2. The molecule has 0 nitrogen and oxygen atoms in total. The average molecular weight is 420 g/mol. The van der Waals surface area contributed by atoms with Gasteiger partial charge in [-0.2, -0.15) is 30.7 Å². The van der Waals surface area contributed by atoms with Crippen LogP contribution >= 0.6 is 33.2 Å². The third-order valence-electron chi connectivity index (χ3n) is 2.84. The molecule has 0 amide bonds. The van der Waals surface area contributed by atoms with E-state index in [0.29, 0.717) is 0 Å². The summed E-state index contributed by atoms with van der Waals surface area (Å²) in [5.74, 6) is -5.14. The molecule has 0 aromatic heterocycles. The smallest absolute Gasteiger partial charge is 0.241 e. The fourth-order valence-corrected chi connectivity index (χ4v) is 3.24. The molecule has 0 rings (SSSR count). The van der Waals surface area contributed by atoms with Crippen LogP contribution < -0.4 is 0 Å². The van der Waals surface area contributed by atoms with Gasteiger partial charge in [0.25, 0.3) is 0 Å². The van der Waals surface area contributed by atoms with Gasteiger partial charge in [0.1, 0.15) is 0 Å². The molecule has 12 heteroatoms. The molecule has 0 saturated heterocycles. The predicted octanol–water partition coefficient (Wildman–Crippen LogP) is 6.69. The van der Waals surface area contributed by atoms with E-state index in [1.807, 2.05) is 0 Å². The molecular weight excluding hydrogens is 407 g/mol. The first kappa shape index (κ1) is 22.5. The van der Waals surface area contributed by atoms with Crippen LogP contribution in [-0.2, 0) is 0 Å². The van der Waals surface area contributed by atoms with Gasteiger partial charge in [-0.05, 0) is 12.8 Å². The van der Waals surface area contributed by atoms with Gasteiger partial charge in [0, 0.05) is 6.42 Å². The van der Waals surface area contributed by atoms with E-state index in [0.717, 1.165) is 0 Å². The summed E-state index contributed by atoms with van der Waals surface area (Å²) < 4.78 is 102. The summed E-state index contributed by atoms with van der Waals surface area (Å²) in [6.45, 7) is 0. The summed E-state index contributed by atoms with van der Waals surface area (Å²) in [5.41, 5.74) is -5.08. The molecule has 0 spiro atoms. The van der Waals surface area contributed by atoms with Crippen molar-refractivity contribution in [2.24, 2.45) is 0 Å². The Balaban J connectivity index is 4.29. The van der Waals surface area contributed by atoms with E-state index >= 15 is 0 Å². The lowest BCUT2D eigenvalue weighted by Gasteiger charge is -2.32. The maximum Gasteiger partial charge on any atom is 0.424 e. The molecule has 0 bridgehead atoms. The van der Waals surface area contributed by atoms with Crippen molar-refractivity contribution in [1.82, 2.24) is 0 Å². The van der Waals surface area contributed by atoms with Gasteiger partial charge in [0.05, 0.1) is 0 Å². The topological polar surface area (TPSA) is 0 Å². The van der Waals surface area contributed by atoms with Gasteiger partial charge in [-0.3, -0.25) is 0 Å². The first-order valence-electron chi connectivity index (χ1n) is 6.16. The lowest BCUT2D eigenvalue weighted by Crippen LogP contribution is -2.58. The standard InChI is InChI=1S/C10H13Cl3F8Si/c11-22(12,13)10(20,21)9(18,19)7(14)5-3-1-2-4-6-8(15,16)17/h7H,1-6H2. The van der Waals surface area contributed by atoms with Gasteiger partial charge < -0.3 is 0 Å². The molecule has 0 N–H and O–H groups in total. The minimum atomic E-state index is -5.20. The van der Waals surface area contributed by atoms with E-state index in [4.69, 9.17) is 33.2 Å². The summed E-state index contributed by atoms with van der Waals surface area (Å²) in [5, 5.41) is 0. The monoisotopic (exact) mass is 418 g/mol. The molecule has 0 radical (unpaired) electrons. The number of hydrogen-bond acceptors (Lipinski definition) is 0. The van der Waals surface area contributed by atoms with E-state index in [1.165, 1.54) is 0 Å². The van der Waals surface area contributed by atoms with Crippen LogP contribution in [0.25, 0.3) is 0 Å². The molecule has 0 aliphatic carbocycles. The van der Waals surface area contributed by atoms with Crippen LogP contribution in [0.3, 0.4) is 0 Å². The second-order valence-electron chi connectivity index (χ2n) is 4.73. The van der Waals surface area contributed by atoms with Crippen molar-refractivity contribution in [3.05, 3.63) is 0 Å². The highest BCUT2D eigenvalue weighted by atomic mass is 35.8. The molecule has 0 aliphatic heterocycles. The third kappa shape index (κ3) is 6.57. The molecule has 0 aromatic carbocycles. The van der Waals surface area contributed by atoms with E-state index in [1.54, 1.807) is 0 Å². The third-order valence-corrected chi connectivity index (χ3v) is 6.02. The van der Waals surface area contributed by atoms with E-state index < -0.39 is 42.7 Å². The number of alkyl halides is 8. The van der Waals surface area contributed by atoms with Crippen molar-refractivity contribution >= 4 is 39.2 Å². The highest BCUT2D eigenvalue weighted by Gasteiger charge is 2.73. The molecule has 134 valence electrons. The van der Waals surface area contributed by atoms with Crippen LogP contribution in [0.2, 0.25) is 0 Å². The van der Waals surface area contributed by atoms with Crippen molar-refractivity contribution < 1.29 is 35.1 Å². The van der Waals surface area contributed by atoms with Crippen LogP contribution in [0.4, 0.5) is 35.1 Å². The molecule has 22 heavy (non-hydrogen) atoms. The van der Waals surface area contributed by atoms with E-state index in [2.05, 4.69) is 0 Å². The fraction of sp³-hybridized carbons (Fsp3) is 1.00. The van der Waals surface area contributed by atoms with E-state index in [9.17, 15) is 35.1 Å². The lowest BCUT2D eigenvalue weighted by molar-refractivity contribution is -0.199. The largest absolute Gasteiger partial charge is 0.424 e. The number of rotatable bonds is 9. The zero-order chi connectivity index (χ0) is 17.8. The van der Waals surface area contributed by atoms with Crippen molar-refractivity contribution in [2.45, 2.75) is 62.3 Å². The summed E-state index contributed by atoms with van der Waals surface area (Å²) in [4.78, 5) is 0. The van der Waals surface area contributed by atoms with Gasteiger partial charge in [-0.1, -0.05) is 19.3 Å². The Morgan fingerprint density at radius 3 is 1.64 bits per heavy atom. The summed E-state index contributed by atoms with van der Waals surface area (Å²) in [6, 6.07) is -5.20. The van der Waals surface area contributed by atoms with E-state index in [-0.39, 0.29) is 25.7 Å². The molecule has 0 aromatic rings. The average Bonchev–Trinajstić information content (AvgIpc) is 2.30. The minimum absolute atomic E-state index is 0.00332. The van der Waals surface area contributed by atoms with Crippen LogP contribution in [0.1, 0.15) is 38.5 Å². The van der Waals surface area contributed by atoms with Gasteiger partial charge in [0.15, 0.2) is 6.17 Å². The Morgan fingerprint density at radius 1 is 0.773 bits per heavy atom. The molecule has 1 atom stereocenters. The van der Waals surface area contributed by atoms with Gasteiger partial charge in [-0.15, -0.1) is 33.2 Å². The Morgan fingerprint density at radius 2 is 1.23 bits per heavy atom. The molecule has 1 unspecified atom stereocenters. The Hall–Kier alpha value is 0.527. The van der Waals surface area contributed by atoms with Crippen molar-refractivity contribution in [1.29, 1.82) is 0 Å². The normalized spacial score (nSPS) is 16.0. The van der Waals surface area contributed by atoms with Crippen molar-refractivity contribution in [3.63, 3.8) is 0 Å². The van der Waals surface area contributed by atoms with Gasteiger partial charge in [0.2, 0.25) is 0 Å². The fourth-order valence-electron chi connectivity index (χ4n) is 1.57. The summed E-state index contributed by atoms with van der Waals surface area (Å²) >= 11 is 14.6. The number of halogens is 11. The highest BCUT2D eigenvalue weighted by molar-refractivity contribution is 7.65. The Kier molecular flexibility index (Phi) is 8.26. The molecule has 0 fully saturated rings. The molecule has 0 saturated carbocycles. The predicted molar refractivity (Wildman–Crippen MR) is 71.9 cm³/mol. The maximum atomic E-state index is 13.3. The first-order chi connectivity index (χ1) is 9.63. The number of hydrogen-bond donors (Lipinski definition) is 0. The summed E-state index contributed by atoms with van der Waals surface area (Å²) in [7, 11) is 0. The van der Waals surface area contributed by atoms with Crippen molar-refractivity contribution in [3.8, 4) is 0 Å². The SMILES string of the molecule is FC(CCCCCCC(F)(F)F)C(F)(F)C(F)(F)[Si](Cl)(Cl)Cl. The Labute approximate surface area is 137 Å². The zero-order valence-corrected chi connectivity index (χ0v) is 14.2. The van der Waals surface area contributed by atoms with Crippen LogP contribution in [0.5, 0.6) is 0 Å². The molecule has 0 aliphatic rings. The Bertz CT molecular complexity index is 342. The maximum absolute atomic E-state index is 13.3. The zero-order valence-electron chi connectivity index (χ0n) is 11.0. The van der Waals surface area contributed by atoms with Crippen LogP contribution in [0.15, 0.2) is 0 Å². The van der Waals surface area contributed by atoms with Crippen molar-refractivity contribution in [2.75, 3.05) is 0 Å².